The standard InChI is InChI=1S/C62H98N2O3/c1-34(2)46-48-44(12)51(65-31)35(3)33-45(48)63(50(46)47-36(4)40(8)52(66-32)41(9)37(47)5)54(13,14)49-38(6)42(10)53(43(11)39(49)7)67-62(29,30)61(27,28)64-59(23,24)57(19,20)55(15,16)56(17,18)58(21,22)60(64,25)26/h33-34H,1-32H3/i33D,34D. The Hall–Kier alpha value is -3.44. The van der Waals surface area contributed by atoms with Crippen molar-refractivity contribution >= 4 is 10.9 Å². The molecular formula is C62H98N2O3. The quantitative estimate of drug-likeness (QED) is 0.159. The number of hydrogen-bond donors (Lipinski definition) is 0. The molecule has 0 amide bonds. The van der Waals surface area contributed by atoms with Crippen LogP contribution in [0.4, 0.5) is 0 Å². The van der Waals surface area contributed by atoms with Gasteiger partial charge in [-0.15, -0.1) is 0 Å². The molecule has 67 heavy (non-hydrogen) atoms. The summed E-state index contributed by atoms with van der Waals surface area (Å²) in [5.74, 6) is 1.47. The fourth-order valence-corrected chi connectivity index (χ4v) is 14.1. The molecule has 5 rings (SSSR count). The molecule has 0 bridgehead atoms. The van der Waals surface area contributed by atoms with Crippen LogP contribution >= 0.6 is 0 Å². The molecule has 1 aromatic heterocycles. The zero-order valence-electron chi connectivity index (χ0n) is 51.1. The van der Waals surface area contributed by atoms with Crippen LogP contribution in [0.25, 0.3) is 22.2 Å². The molecule has 0 saturated carbocycles. The molecule has 5 nitrogen and oxygen atoms in total. The van der Waals surface area contributed by atoms with E-state index in [0.29, 0.717) is 11.8 Å². The number of aromatic nitrogens is 1. The third-order valence-corrected chi connectivity index (χ3v) is 21.2. The first-order valence-corrected chi connectivity index (χ1v) is 25.2. The summed E-state index contributed by atoms with van der Waals surface area (Å²) in [4.78, 5) is 2.86. The van der Waals surface area contributed by atoms with E-state index in [0.717, 1.165) is 94.9 Å². The highest BCUT2D eigenvalue weighted by Gasteiger charge is 2.72. The first kappa shape index (κ1) is 51.4. The van der Waals surface area contributed by atoms with Gasteiger partial charge in [-0.2, -0.15) is 0 Å². The van der Waals surface area contributed by atoms with Crippen molar-refractivity contribution in [2.75, 3.05) is 14.2 Å². The second-order valence-electron chi connectivity index (χ2n) is 26.0. The maximum Gasteiger partial charge on any atom is 0.126 e. The maximum atomic E-state index is 10.1. The van der Waals surface area contributed by atoms with E-state index in [-0.39, 0.29) is 32.7 Å². The molecule has 5 heteroatoms. The van der Waals surface area contributed by atoms with E-state index < -0.39 is 22.6 Å². The van der Waals surface area contributed by atoms with Crippen LogP contribution in [-0.2, 0) is 5.54 Å². The summed E-state index contributed by atoms with van der Waals surface area (Å²) in [5.41, 5.74) is 13.0. The highest BCUT2D eigenvalue weighted by molar-refractivity contribution is 5.98. The van der Waals surface area contributed by atoms with Crippen molar-refractivity contribution in [2.45, 2.75) is 241 Å². The SMILES string of the molecule is [2H]c1c(C)c(OC)c(C)c2c(C([2H])(C)C)c(-c3c(C)c(C)c(OC)c(C)c3C)n(C(C)(C)c3c(C)c(C)c(OC(C)(C)C(C)(C)N4C(C)(C)C(C)(C)C(C)(C)C(C)(C)C(C)(C)C4(C)C)c(C)c3C)c12. The first-order valence-electron chi connectivity index (χ1n) is 26.2. The van der Waals surface area contributed by atoms with Crippen molar-refractivity contribution in [3.8, 4) is 28.5 Å². The van der Waals surface area contributed by atoms with E-state index in [2.05, 4.69) is 196 Å². The lowest BCUT2D eigenvalue weighted by Crippen LogP contribution is -2.76. The lowest BCUT2D eigenvalue weighted by Gasteiger charge is -2.66. The lowest BCUT2D eigenvalue weighted by atomic mass is 9.43. The average Bonchev–Trinajstić information content (AvgIpc) is 3.57. The highest BCUT2D eigenvalue weighted by atomic mass is 16.5. The third-order valence-electron chi connectivity index (χ3n) is 21.2. The van der Waals surface area contributed by atoms with Crippen LogP contribution in [-0.4, -0.2) is 45.9 Å². The number of likely N-dealkylation sites (tertiary alicyclic amines) is 1. The molecule has 1 saturated heterocycles. The van der Waals surface area contributed by atoms with Crippen molar-refractivity contribution in [1.82, 2.24) is 9.47 Å². The average molecular weight is 921 g/mol. The number of methoxy groups -OCH3 is 2. The monoisotopic (exact) mass is 921 g/mol. The minimum Gasteiger partial charge on any atom is -0.496 e. The Balaban J connectivity index is 1.91. The smallest absolute Gasteiger partial charge is 0.126 e. The van der Waals surface area contributed by atoms with Crippen LogP contribution in [0.5, 0.6) is 17.2 Å². The number of hydrogen-bond acceptors (Lipinski definition) is 4. The fourth-order valence-electron chi connectivity index (χ4n) is 14.1. The fraction of sp³-hybridized carbons (Fsp3) is 0.677. The van der Waals surface area contributed by atoms with Gasteiger partial charge < -0.3 is 18.8 Å². The number of nitrogens with zero attached hydrogens (tertiary/aromatic N) is 2. The molecule has 0 N–H and O–H groups in total. The minimum atomic E-state index is -1.05. The summed E-state index contributed by atoms with van der Waals surface area (Å²) in [6, 6.07) is 0.416. The number of aryl methyl sites for hydroxylation is 1. The van der Waals surface area contributed by atoms with Crippen molar-refractivity contribution < 1.29 is 17.0 Å². The molecule has 4 aromatic rings. The number of benzene rings is 3. The van der Waals surface area contributed by atoms with Crippen molar-refractivity contribution in [1.29, 1.82) is 0 Å². The Kier molecular flexibility index (Phi) is 12.5. The summed E-state index contributed by atoms with van der Waals surface area (Å²) in [7, 11) is 3.45. The second kappa shape index (κ2) is 16.3. The van der Waals surface area contributed by atoms with Crippen LogP contribution < -0.4 is 14.2 Å². The zero-order chi connectivity index (χ0) is 53.8. The molecule has 2 heterocycles. The number of ether oxygens (including phenoxy) is 3. The molecule has 1 aliphatic heterocycles. The van der Waals surface area contributed by atoms with E-state index in [1.807, 2.05) is 20.8 Å². The summed E-state index contributed by atoms with van der Waals surface area (Å²) in [6.45, 7) is 69.8. The minimum absolute atomic E-state index is 0.0289. The van der Waals surface area contributed by atoms with Gasteiger partial charge in [-0.1, -0.05) is 69.2 Å². The lowest BCUT2D eigenvalue weighted by molar-refractivity contribution is -0.189. The summed E-state index contributed by atoms with van der Waals surface area (Å²) in [6.07, 6.45) is 0. The molecular weight excluding hydrogens is 821 g/mol. The summed E-state index contributed by atoms with van der Waals surface area (Å²) in [5, 5.41) is 0.917. The zero-order valence-corrected chi connectivity index (χ0v) is 49.1. The first-order chi connectivity index (χ1) is 30.7. The Morgan fingerprint density at radius 3 is 1.30 bits per heavy atom. The predicted molar refractivity (Wildman–Crippen MR) is 291 cm³/mol. The Bertz CT molecular complexity index is 2650. The number of rotatable bonds is 10. The summed E-state index contributed by atoms with van der Waals surface area (Å²) < 4.78 is 42.4. The third kappa shape index (κ3) is 6.96. The van der Waals surface area contributed by atoms with Gasteiger partial charge in [0.15, 0.2) is 0 Å². The van der Waals surface area contributed by atoms with E-state index in [1.165, 1.54) is 5.56 Å². The molecule has 0 aliphatic carbocycles. The maximum absolute atomic E-state index is 10.1. The van der Waals surface area contributed by atoms with Crippen molar-refractivity contribution in [3.63, 3.8) is 0 Å². The molecule has 374 valence electrons. The van der Waals surface area contributed by atoms with Gasteiger partial charge in [0.25, 0.3) is 0 Å². The molecule has 0 spiro atoms. The van der Waals surface area contributed by atoms with E-state index in [4.69, 9.17) is 14.2 Å². The molecule has 0 radical (unpaired) electrons. The van der Waals surface area contributed by atoms with E-state index >= 15 is 0 Å². The van der Waals surface area contributed by atoms with Gasteiger partial charge in [0, 0.05) is 29.0 Å². The molecule has 1 fully saturated rings. The van der Waals surface area contributed by atoms with Crippen LogP contribution in [0, 0.1) is 90.9 Å². The normalized spacial score (nSPS) is 19.8. The van der Waals surface area contributed by atoms with Gasteiger partial charge in [-0.05, 0) is 233 Å². The van der Waals surface area contributed by atoms with Crippen LogP contribution in [0.2, 0.25) is 0 Å². The van der Waals surface area contributed by atoms with Crippen molar-refractivity contribution in [2.24, 2.45) is 21.7 Å². The van der Waals surface area contributed by atoms with Crippen molar-refractivity contribution in [3.05, 3.63) is 72.8 Å². The molecule has 3 aromatic carbocycles. The molecule has 0 unspecified atom stereocenters. The van der Waals surface area contributed by atoms with Crippen LogP contribution in [0.1, 0.15) is 214 Å². The largest absolute Gasteiger partial charge is 0.496 e. The van der Waals surface area contributed by atoms with Gasteiger partial charge in [0.05, 0.1) is 37.9 Å². The number of fused-ring (bicyclic) bond motifs is 1. The molecule has 0 atom stereocenters. The van der Waals surface area contributed by atoms with E-state index in [1.54, 1.807) is 14.2 Å². The van der Waals surface area contributed by atoms with Gasteiger partial charge in [0.2, 0.25) is 0 Å². The van der Waals surface area contributed by atoms with Gasteiger partial charge in [-0.25, -0.2) is 0 Å². The second-order valence-corrected chi connectivity index (χ2v) is 26.0. The van der Waals surface area contributed by atoms with Crippen LogP contribution in [0.15, 0.2) is 6.04 Å². The Morgan fingerprint density at radius 1 is 0.537 bits per heavy atom. The Labute approximate surface area is 414 Å². The van der Waals surface area contributed by atoms with E-state index in [9.17, 15) is 2.74 Å². The summed E-state index contributed by atoms with van der Waals surface area (Å²) >= 11 is 0. The van der Waals surface area contributed by atoms with Gasteiger partial charge in [-0.3, -0.25) is 4.90 Å². The Morgan fingerprint density at radius 2 is 0.925 bits per heavy atom. The molecule has 1 aliphatic rings. The topological polar surface area (TPSA) is 35.9 Å². The van der Waals surface area contributed by atoms with Crippen LogP contribution in [0.3, 0.4) is 0 Å². The van der Waals surface area contributed by atoms with Gasteiger partial charge in [0.1, 0.15) is 22.8 Å². The van der Waals surface area contributed by atoms with Gasteiger partial charge >= 0.3 is 0 Å². The predicted octanol–water partition coefficient (Wildman–Crippen LogP) is 17.2. The highest BCUT2D eigenvalue weighted by Crippen LogP contribution is 2.71.